The van der Waals surface area contributed by atoms with Gasteiger partial charge in [0, 0.05) is 48.6 Å². The minimum Gasteiger partial charge on any atom is -0.396 e. The molecule has 30 heavy (non-hydrogen) atoms. The summed E-state index contributed by atoms with van der Waals surface area (Å²) < 4.78 is 40.0. The first-order chi connectivity index (χ1) is 14.3. The van der Waals surface area contributed by atoms with Crippen LogP contribution < -0.4 is 4.90 Å². The Morgan fingerprint density at radius 3 is 2.83 bits per heavy atom. The maximum Gasteiger partial charge on any atom is 0.417 e. The molecule has 1 aromatic heterocycles. The minimum absolute atomic E-state index is 0.0798. The standard InChI is InChI=1S/C20H19F3N4O2S/c21-20(22,23)16-5-15(2-1-13(16)6-24)26-4-3-19(11-28)10-27(8-14(19)7-26)18(29)17-9-30-12-25-17/h1-2,5,9,12,14,28H,3-4,7-8,10-11H2/t14-,19+/m1/s1. The van der Waals surface area contributed by atoms with Crippen LogP contribution in [0.2, 0.25) is 0 Å². The first-order valence-electron chi connectivity index (χ1n) is 9.42. The van der Waals surface area contributed by atoms with Gasteiger partial charge in [-0.25, -0.2) is 4.98 Å². The van der Waals surface area contributed by atoms with Crippen molar-refractivity contribution in [3.8, 4) is 6.07 Å². The number of halogens is 3. The number of benzene rings is 1. The fourth-order valence-corrected chi connectivity index (χ4v) is 5.00. The van der Waals surface area contributed by atoms with Crippen LogP contribution in [0.5, 0.6) is 0 Å². The van der Waals surface area contributed by atoms with Gasteiger partial charge >= 0.3 is 6.18 Å². The van der Waals surface area contributed by atoms with Crippen LogP contribution in [0.25, 0.3) is 0 Å². The molecule has 2 aliphatic heterocycles. The number of amides is 1. The van der Waals surface area contributed by atoms with Crippen molar-refractivity contribution < 1.29 is 23.1 Å². The van der Waals surface area contributed by atoms with Crippen LogP contribution >= 0.6 is 11.3 Å². The number of nitriles is 1. The molecule has 0 aliphatic carbocycles. The van der Waals surface area contributed by atoms with Crippen molar-refractivity contribution in [2.75, 3.05) is 37.7 Å². The average Bonchev–Trinajstić information content (AvgIpc) is 3.40. The highest BCUT2D eigenvalue weighted by atomic mass is 32.1. The summed E-state index contributed by atoms with van der Waals surface area (Å²) in [6.07, 6.45) is -4.06. The van der Waals surface area contributed by atoms with Gasteiger partial charge in [0.05, 0.1) is 29.3 Å². The lowest BCUT2D eigenvalue weighted by Crippen LogP contribution is -2.49. The number of aromatic nitrogens is 1. The molecule has 3 heterocycles. The van der Waals surface area contributed by atoms with Crippen LogP contribution in [0.3, 0.4) is 0 Å². The van der Waals surface area contributed by atoms with Gasteiger partial charge in [0.2, 0.25) is 0 Å². The van der Waals surface area contributed by atoms with Crippen molar-refractivity contribution in [3.63, 3.8) is 0 Å². The third kappa shape index (κ3) is 3.52. The summed E-state index contributed by atoms with van der Waals surface area (Å²) in [5.41, 5.74) is 0.509. The Labute approximate surface area is 175 Å². The van der Waals surface area contributed by atoms with Gasteiger partial charge in [0.15, 0.2) is 0 Å². The lowest BCUT2D eigenvalue weighted by molar-refractivity contribution is -0.137. The van der Waals surface area contributed by atoms with Crippen molar-refractivity contribution in [1.82, 2.24) is 9.88 Å². The lowest BCUT2D eigenvalue weighted by atomic mass is 9.73. The number of aliphatic hydroxyl groups excluding tert-OH is 1. The van der Waals surface area contributed by atoms with Crippen LogP contribution in [0, 0.1) is 22.7 Å². The highest BCUT2D eigenvalue weighted by molar-refractivity contribution is 7.07. The van der Waals surface area contributed by atoms with Gasteiger partial charge < -0.3 is 14.9 Å². The summed E-state index contributed by atoms with van der Waals surface area (Å²) in [6, 6.07) is 5.32. The van der Waals surface area contributed by atoms with Crippen LogP contribution in [-0.2, 0) is 6.18 Å². The normalized spacial score (nSPS) is 23.9. The summed E-state index contributed by atoms with van der Waals surface area (Å²) >= 11 is 1.33. The fourth-order valence-electron chi connectivity index (χ4n) is 4.47. The zero-order valence-electron chi connectivity index (χ0n) is 15.9. The van der Waals surface area contributed by atoms with Gasteiger partial charge in [-0.15, -0.1) is 11.3 Å². The number of fused-ring (bicyclic) bond motifs is 1. The molecule has 158 valence electrons. The van der Waals surface area contributed by atoms with Gasteiger partial charge in [-0.2, -0.15) is 18.4 Å². The van der Waals surface area contributed by atoms with Gasteiger partial charge in [0.1, 0.15) is 5.69 Å². The van der Waals surface area contributed by atoms with Crippen LogP contribution in [0.4, 0.5) is 18.9 Å². The maximum absolute atomic E-state index is 13.3. The summed E-state index contributed by atoms with van der Waals surface area (Å²) in [6.45, 7) is 1.60. The Balaban J connectivity index is 1.57. The molecule has 1 N–H and O–H groups in total. The molecular weight excluding hydrogens is 417 g/mol. The second kappa shape index (κ2) is 7.56. The number of hydrogen-bond donors (Lipinski definition) is 1. The number of rotatable bonds is 3. The van der Waals surface area contributed by atoms with E-state index in [0.29, 0.717) is 44.0 Å². The number of hydrogen-bond acceptors (Lipinski definition) is 6. The number of likely N-dealkylation sites (tertiary alicyclic amines) is 1. The summed E-state index contributed by atoms with van der Waals surface area (Å²) in [4.78, 5) is 20.3. The summed E-state index contributed by atoms with van der Waals surface area (Å²) in [5, 5.41) is 20.8. The van der Waals surface area contributed by atoms with Crippen LogP contribution in [0.1, 0.15) is 28.0 Å². The van der Waals surface area contributed by atoms with E-state index in [0.717, 1.165) is 6.07 Å². The number of thiazole rings is 1. The Morgan fingerprint density at radius 2 is 2.20 bits per heavy atom. The number of nitrogens with zero attached hydrogens (tertiary/aromatic N) is 4. The van der Waals surface area contributed by atoms with E-state index in [1.807, 2.05) is 4.90 Å². The largest absolute Gasteiger partial charge is 0.417 e. The van der Waals surface area contributed by atoms with Crippen LogP contribution in [0.15, 0.2) is 29.1 Å². The molecule has 1 aromatic carbocycles. The molecule has 0 saturated carbocycles. The first-order valence-corrected chi connectivity index (χ1v) is 10.4. The van der Waals surface area contributed by atoms with E-state index >= 15 is 0 Å². The summed E-state index contributed by atoms with van der Waals surface area (Å²) in [7, 11) is 0. The highest BCUT2D eigenvalue weighted by Crippen LogP contribution is 2.44. The zero-order valence-corrected chi connectivity index (χ0v) is 16.7. The molecule has 2 aliphatic rings. The van der Waals surface area contributed by atoms with Gasteiger partial charge in [-0.3, -0.25) is 4.79 Å². The molecular formula is C20H19F3N4O2S. The third-order valence-corrected chi connectivity index (χ3v) is 6.77. The van der Waals surface area contributed by atoms with Crippen molar-refractivity contribution in [1.29, 1.82) is 5.26 Å². The Bertz CT molecular complexity index is 989. The van der Waals surface area contributed by atoms with E-state index in [4.69, 9.17) is 5.26 Å². The third-order valence-electron chi connectivity index (χ3n) is 6.18. The molecule has 2 fully saturated rings. The number of carbonyl (C=O) groups is 1. The van der Waals surface area contributed by atoms with E-state index in [-0.39, 0.29) is 18.4 Å². The monoisotopic (exact) mass is 436 g/mol. The minimum atomic E-state index is -4.62. The first kappa shape index (κ1) is 20.6. The Kier molecular flexibility index (Phi) is 5.20. The molecule has 2 saturated heterocycles. The maximum atomic E-state index is 13.3. The molecule has 6 nitrogen and oxygen atoms in total. The van der Waals surface area contributed by atoms with Crippen LogP contribution in [-0.4, -0.2) is 53.7 Å². The number of alkyl halides is 3. The average molecular weight is 436 g/mol. The molecule has 10 heteroatoms. The Morgan fingerprint density at radius 1 is 1.40 bits per heavy atom. The van der Waals surface area contributed by atoms with E-state index in [1.54, 1.807) is 21.9 Å². The number of piperidine rings is 1. The fraction of sp³-hybridized carbons (Fsp3) is 0.450. The highest BCUT2D eigenvalue weighted by Gasteiger charge is 2.50. The molecule has 4 rings (SSSR count). The Hall–Kier alpha value is -2.64. The van der Waals surface area contributed by atoms with Crippen molar-refractivity contribution in [2.45, 2.75) is 12.6 Å². The molecule has 2 aromatic rings. The predicted molar refractivity (Wildman–Crippen MR) is 104 cm³/mol. The van der Waals surface area contributed by atoms with Crippen molar-refractivity contribution in [3.05, 3.63) is 45.9 Å². The quantitative estimate of drug-likeness (QED) is 0.800. The van der Waals surface area contributed by atoms with E-state index < -0.39 is 22.7 Å². The zero-order chi connectivity index (χ0) is 21.5. The van der Waals surface area contributed by atoms with Crippen molar-refractivity contribution >= 4 is 22.9 Å². The molecule has 1 amide bonds. The topological polar surface area (TPSA) is 80.5 Å². The second-order valence-electron chi connectivity index (χ2n) is 7.81. The molecule has 0 spiro atoms. The smallest absolute Gasteiger partial charge is 0.396 e. The van der Waals surface area contributed by atoms with Crippen molar-refractivity contribution in [2.24, 2.45) is 11.3 Å². The number of carbonyl (C=O) groups excluding carboxylic acids is 1. The van der Waals surface area contributed by atoms with E-state index in [1.165, 1.54) is 23.5 Å². The number of aliphatic hydroxyl groups is 1. The van der Waals surface area contributed by atoms with Gasteiger partial charge in [-0.05, 0) is 24.6 Å². The number of anilines is 1. The lowest BCUT2D eigenvalue weighted by Gasteiger charge is -2.43. The van der Waals surface area contributed by atoms with Gasteiger partial charge in [0.25, 0.3) is 5.91 Å². The summed E-state index contributed by atoms with van der Waals surface area (Å²) in [5.74, 6) is -0.272. The second-order valence-corrected chi connectivity index (χ2v) is 8.53. The van der Waals surface area contributed by atoms with E-state index in [2.05, 4.69) is 4.98 Å². The molecule has 0 bridgehead atoms. The SMILES string of the molecule is N#Cc1ccc(N2CC[C@@]3(CO)CN(C(=O)c4cscn4)C[C@H]3C2)cc1C(F)(F)F. The van der Waals surface area contributed by atoms with E-state index in [9.17, 15) is 23.1 Å². The van der Waals surface area contributed by atoms with Gasteiger partial charge in [-0.1, -0.05) is 0 Å². The molecule has 0 radical (unpaired) electrons. The molecule has 2 atom stereocenters. The predicted octanol–water partition coefficient (Wildman–Crippen LogP) is 2.99. The molecule has 0 unspecified atom stereocenters.